The van der Waals surface area contributed by atoms with E-state index in [4.69, 9.17) is 4.74 Å². The van der Waals surface area contributed by atoms with Gasteiger partial charge in [-0.25, -0.2) is 0 Å². The number of hydrogen-bond acceptors (Lipinski definition) is 2. The predicted molar refractivity (Wildman–Crippen MR) is 80.4 cm³/mol. The molecule has 0 unspecified atom stereocenters. The number of methoxy groups -OCH3 is 1. The molecule has 1 N–H and O–H groups in total. The van der Waals surface area contributed by atoms with Crippen molar-refractivity contribution in [2.45, 2.75) is 27.0 Å². The van der Waals surface area contributed by atoms with Gasteiger partial charge in [0.25, 0.3) is 0 Å². The number of rotatable bonds is 5. The van der Waals surface area contributed by atoms with Gasteiger partial charge in [0.05, 0.1) is 6.61 Å². The third-order valence-corrected chi connectivity index (χ3v) is 3.05. The highest BCUT2D eigenvalue weighted by Gasteiger charge is 1.97. The largest absolute Gasteiger partial charge is 0.381 e. The maximum absolute atomic E-state index is 5.11. The second kappa shape index (κ2) is 6.39. The molecule has 0 atom stereocenters. The van der Waals surface area contributed by atoms with Gasteiger partial charge in [0.2, 0.25) is 0 Å². The smallest absolute Gasteiger partial charge is 0.0713 e. The predicted octanol–water partition coefficient (Wildman–Crippen LogP) is 4.06. The molecule has 0 fully saturated rings. The standard InChI is InChI=1S/C17H21NO/c1-13-8-14(2)10-17(9-13)18-11-15-4-6-16(7-5-15)12-19-3/h4-10,18H,11-12H2,1-3H3. The van der Waals surface area contributed by atoms with Gasteiger partial charge < -0.3 is 10.1 Å². The molecule has 0 aliphatic rings. The van der Waals surface area contributed by atoms with Crippen LogP contribution in [0.4, 0.5) is 5.69 Å². The molecule has 2 heteroatoms. The summed E-state index contributed by atoms with van der Waals surface area (Å²) in [5.74, 6) is 0. The summed E-state index contributed by atoms with van der Waals surface area (Å²) < 4.78 is 5.11. The molecule has 0 radical (unpaired) electrons. The number of nitrogens with one attached hydrogen (secondary N) is 1. The fourth-order valence-corrected chi connectivity index (χ4v) is 2.20. The second-order valence-corrected chi connectivity index (χ2v) is 4.98. The molecular formula is C17H21NO. The van der Waals surface area contributed by atoms with Crippen molar-refractivity contribution in [3.63, 3.8) is 0 Å². The summed E-state index contributed by atoms with van der Waals surface area (Å²) in [5.41, 5.74) is 6.24. The van der Waals surface area contributed by atoms with Crippen LogP contribution in [0.15, 0.2) is 42.5 Å². The summed E-state index contributed by atoms with van der Waals surface area (Å²) in [6.45, 7) is 5.76. The number of aryl methyl sites for hydroxylation is 2. The molecule has 0 saturated heterocycles. The van der Waals surface area contributed by atoms with Gasteiger partial charge in [-0.2, -0.15) is 0 Å². The molecule has 100 valence electrons. The molecule has 2 aromatic carbocycles. The van der Waals surface area contributed by atoms with Gasteiger partial charge in [-0.3, -0.25) is 0 Å². The van der Waals surface area contributed by atoms with Gasteiger partial charge >= 0.3 is 0 Å². The van der Waals surface area contributed by atoms with Crippen molar-refractivity contribution in [2.75, 3.05) is 12.4 Å². The summed E-state index contributed by atoms with van der Waals surface area (Å²) >= 11 is 0. The van der Waals surface area contributed by atoms with E-state index in [0.717, 1.165) is 6.54 Å². The van der Waals surface area contributed by atoms with Gasteiger partial charge in [0.1, 0.15) is 0 Å². The van der Waals surface area contributed by atoms with Crippen molar-refractivity contribution in [1.29, 1.82) is 0 Å². The van der Waals surface area contributed by atoms with Crippen LogP contribution in [-0.2, 0) is 17.9 Å². The Morgan fingerprint density at radius 2 is 1.47 bits per heavy atom. The molecule has 2 rings (SSSR count). The van der Waals surface area contributed by atoms with Gasteiger partial charge in [0.15, 0.2) is 0 Å². The highest BCUT2D eigenvalue weighted by Crippen LogP contribution is 2.15. The molecule has 2 aromatic rings. The lowest BCUT2D eigenvalue weighted by Crippen LogP contribution is -2.00. The van der Waals surface area contributed by atoms with Gasteiger partial charge in [0, 0.05) is 19.3 Å². The first-order chi connectivity index (χ1) is 9.17. The van der Waals surface area contributed by atoms with E-state index in [9.17, 15) is 0 Å². The Balaban J connectivity index is 1.98. The molecule has 2 nitrogen and oxygen atoms in total. The third-order valence-electron chi connectivity index (χ3n) is 3.05. The lowest BCUT2D eigenvalue weighted by molar-refractivity contribution is 0.185. The monoisotopic (exact) mass is 255 g/mol. The molecule has 0 heterocycles. The van der Waals surface area contributed by atoms with Crippen LogP contribution in [0.2, 0.25) is 0 Å². The zero-order valence-electron chi connectivity index (χ0n) is 11.9. The number of anilines is 1. The minimum Gasteiger partial charge on any atom is -0.381 e. The summed E-state index contributed by atoms with van der Waals surface area (Å²) in [4.78, 5) is 0. The van der Waals surface area contributed by atoms with Gasteiger partial charge in [-0.05, 0) is 48.2 Å². The normalized spacial score (nSPS) is 10.5. The molecule has 0 spiro atoms. The Morgan fingerprint density at radius 3 is 2.05 bits per heavy atom. The van der Waals surface area contributed by atoms with Crippen LogP contribution in [0.5, 0.6) is 0 Å². The SMILES string of the molecule is COCc1ccc(CNc2cc(C)cc(C)c2)cc1. The molecular weight excluding hydrogens is 234 g/mol. The Hall–Kier alpha value is -1.80. The van der Waals surface area contributed by atoms with Crippen LogP contribution in [0.1, 0.15) is 22.3 Å². The zero-order valence-corrected chi connectivity index (χ0v) is 11.9. The molecule has 19 heavy (non-hydrogen) atoms. The Bertz CT molecular complexity index is 511. The molecule has 0 aliphatic heterocycles. The highest BCUT2D eigenvalue weighted by molar-refractivity contribution is 5.48. The van der Waals surface area contributed by atoms with E-state index in [2.05, 4.69) is 61.6 Å². The van der Waals surface area contributed by atoms with Crippen LogP contribution in [-0.4, -0.2) is 7.11 Å². The Kier molecular flexibility index (Phi) is 4.58. The van der Waals surface area contributed by atoms with E-state index >= 15 is 0 Å². The van der Waals surface area contributed by atoms with Crippen LogP contribution in [0, 0.1) is 13.8 Å². The molecule has 0 saturated carbocycles. The van der Waals surface area contributed by atoms with E-state index < -0.39 is 0 Å². The van der Waals surface area contributed by atoms with E-state index in [1.165, 1.54) is 27.9 Å². The molecule has 0 aromatic heterocycles. The van der Waals surface area contributed by atoms with Gasteiger partial charge in [-0.1, -0.05) is 30.3 Å². The summed E-state index contributed by atoms with van der Waals surface area (Å²) in [6, 6.07) is 15.0. The first kappa shape index (κ1) is 13.6. The van der Waals surface area contributed by atoms with Crippen LogP contribution >= 0.6 is 0 Å². The van der Waals surface area contributed by atoms with E-state index in [1.54, 1.807) is 7.11 Å². The lowest BCUT2D eigenvalue weighted by atomic mass is 10.1. The zero-order chi connectivity index (χ0) is 13.7. The summed E-state index contributed by atoms with van der Waals surface area (Å²) in [5, 5.41) is 3.46. The second-order valence-electron chi connectivity index (χ2n) is 4.98. The Morgan fingerprint density at radius 1 is 0.895 bits per heavy atom. The number of benzene rings is 2. The van der Waals surface area contributed by atoms with Crippen molar-refractivity contribution in [2.24, 2.45) is 0 Å². The Labute approximate surface area is 115 Å². The lowest BCUT2D eigenvalue weighted by Gasteiger charge is -2.09. The van der Waals surface area contributed by atoms with Crippen molar-refractivity contribution in [1.82, 2.24) is 0 Å². The van der Waals surface area contributed by atoms with Crippen molar-refractivity contribution < 1.29 is 4.74 Å². The molecule has 0 amide bonds. The topological polar surface area (TPSA) is 21.3 Å². The van der Waals surface area contributed by atoms with E-state index in [-0.39, 0.29) is 0 Å². The molecule has 0 aliphatic carbocycles. The maximum Gasteiger partial charge on any atom is 0.0713 e. The van der Waals surface area contributed by atoms with Crippen molar-refractivity contribution >= 4 is 5.69 Å². The van der Waals surface area contributed by atoms with Crippen LogP contribution in [0.3, 0.4) is 0 Å². The fraction of sp³-hybridized carbons (Fsp3) is 0.294. The average Bonchev–Trinajstić information content (AvgIpc) is 2.37. The maximum atomic E-state index is 5.11. The fourth-order valence-electron chi connectivity index (χ4n) is 2.20. The van der Waals surface area contributed by atoms with Crippen LogP contribution in [0.25, 0.3) is 0 Å². The van der Waals surface area contributed by atoms with Crippen molar-refractivity contribution in [3.05, 3.63) is 64.7 Å². The summed E-state index contributed by atoms with van der Waals surface area (Å²) in [7, 11) is 1.72. The first-order valence-corrected chi connectivity index (χ1v) is 6.56. The third kappa shape index (κ3) is 4.11. The first-order valence-electron chi connectivity index (χ1n) is 6.56. The molecule has 0 bridgehead atoms. The van der Waals surface area contributed by atoms with Crippen LogP contribution < -0.4 is 5.32 Å². The number of ether oxygens (including phenoxy) is 1. The van der Waals surface area contributed by atoms with E-state index in [1.807, 2.05) is 0 Å². The average molecular weight is 255 g/mol. The quantitative estimate of drug-likeness (QED) is 0.870. The number of hydrogen-bond donors (Lipinski definition) is 1. The minimum absolute atomic E-state index is 0.671. The van der Waals surface area contributed by atoms with E-state index in [0.29, 0.717) is 6.61 Å². The van der Waals surface area contributed by atoms with Gasteiger partial charge in [-0.15, -0.1) is 0 Å². The minimum atomic E-state index is 0.671. The summed E-state index contributed by atoms with van der Waals surface area (Å²) in [6.07, 6.45) is 0. The van der Waals surface area contributed by atoms with Crippen molar-refractivity contribution in [3.8, 4) is 0 Å². The highest BCUT2D eigenvalue weighted by atomic mass is 16.5.